The van der Waals surface area contributed by atoms with E-state index in [1.54, 1.807) is 36.4 Å². The molecule has 0 fully saturated rings. The molecule has 0 unspecified atom stereocenters. The number of anilines is 1. The standard InChI is InChI=1S/C19H21N3O5S/c1-3-26-15-7-8-17-16(10-15)12(2)18(27-17)19(23)21-11-13-5-4-6-14(9-13)22-28(20,24)25/h4-10,22H,3,11H2,1-2H3,(H,21,23)(H2,20,24,25). The normalized spacial score (nSPS) is 11.4. The highest BCUT2D eigenvalue weighted by Crippen LogP contribution is 2.29. The Morgan fingerprint density at radius 2 is 2.00 bits per heavy atom. The van der Waals surface area contributed by atoms with Gasteiger partial charge in [0.15, 0.2) is 5.76 Å². The molecule has 0 aliphatic heterocycles. The number of nitrogens with two attached hydrogens (primary N) is 1. The van der Waals surface area contributed by atoms with Crippen LogP contribution in [0.2, 0.25) is 0 Å². The number of hydrogen-bond donors (Lipinski definition) is 3. The zero-order chi connectivity index (χ0) is 20.3. The van der Waals surface area contributed by atoms with Gasteiger partial charge in [0.25, 0.3) is 16.1 Å². The number of fused-ring (bicyclic) bond motifs is 1. The van der Waals surface area contributed by atoms with Gasteiger partial charge in [-0.05, 0) is 49.7 Å². The molecule has 3 rings (SSSR count). The number of hydrogen-bond acceptors (Lipinski definition) is 5. The average molecular weight is 403 g/mol. The minimum Gasteiger partial charge on any atom is -0.494 e. The lowest BCUT2D eigenvalue weighted by Crippen LogP contribution is -2.23. The van der Waals surface area contributed by atoms with Gasteiger partial charge in [-0.15, -0.1) is 0 Å². The summed E-state index contributed by atoms with van der Waals surface area (Å²) in [5, 5.41) is 8.56. The summed E-state index contributed by atoms with van der Waals surface area (Å²) in [5.41, 5.74) is 2.34. The Morgan fingerprint density at radius 3 is 2.71 bits per heavy atom. The van der Waals surface area contributed by atoms with Gasteiger partial charge in [-0.2, -0.15) is 8.42 Å². The number of aryl methyl sites for hydroxylation is 1. The second-order valence-corrected chi connectivity index (χ2v) is 7.47. The van der Waals surface area contributed by atoms with Crippen molar-refractivity contribution in [2.45, 2.75) is 20.4 Å². The van der Waals surface area contributed by atoms with E-state index in [0.717, 1.165) is 10.9 Å². The molecule has 9 heteroatoms. The predicted octanol–water partition coefficient (Wildman–Crippen LogP) is 2.69. The number of rotatable bonds is 7. The molecule has 8 nitrogen and oxygen atoms in total. The fourth-order valence-electron chi connectivity index (χ4n) is 2.84. The van der Waals surface area contributed by atoms with E-state index >= 15 is 0 Å². The van der Waals surface area contributed by atoms with Gasteiger partial charge in [-0.3, -0.25) is 9.52 Å². The summed E-state index contributed by atoms with van der Waals surface area (Å²) in [6.45, 7) is 4.46. The van der Waals surface area contributed by atoms with Gasteiger partial charge < -0.3 is 14.5 Å². The van der Waals surface area contributed by atoms with Crippen LogP contribution < -0.4 is 19.9 Å². The number of ether oxygens (including phenoxy) is 1. The molecule has 1 aromatic heterocycles. The maximum atomic E-state index is 12.6. The predicted molar refractivity (Wildman–Crippen MR) is 106 cm³/mol. The second-order valence-electron chi connectivity index (χ2n) is 6.18. The van der Waals surface area contributed by atoms with Crippen LogP contribution in [-0.4, -0.2) is 20.9 Å². The first kappa shape index (κ1) is 19.7. The van der Waals surface area contributed by atoms with Crippen LogP contribution in [0.4, 0.5) is 5.69 Å². The Morgan fingerprint density at radius 1 is 1.21 bits per heavy atom. The number of furan rings is 1. The lowest BCUT2D eigenvalue weighted by Gasteiger charge is -2.07. The van der Waals surface area contributed by atoms with Gasteiger partial charge in [0.2, 0.25) is 0 Å². The first-order chi connectivity index (χ1) is 13.3. The molecule has 1 amide bonds. The lowest BCUT2D eigenvalue weighted by atomic mass is 10.1. The van der Waals surface area contributed by atoms with Crippen molar-refractivity contribution >= 4 is 32.8 Å². The Bertz CT molecular complexity index is 1120. The molecule has 0 bridgehead atoms. The number of benzene rings is 2. The van der Waals surface area contributed by atoms with Gasteiger partial charge in [0, 0.05) is 17.5 Å². The summed E-state index contributed by atoms with van der Waals surface area (Å²) in [4.78, 5) is 12.6. The van der Waals surface area contributed by atoms with Crippen molar-refractivity contribution in [3.63, 3.8) is 0 Å². The van der Waals surface area contributed by atoms with Crippen molar-refractivity contribution in [1.29, 1.82) is 0 Å². The average Bonchev–Trinajstić information content (AvgIpc) is 2.95. The Kier molecular flexibility index (Phi) is 5.57. The molecule has 0 aliphatic carbocycles. The summed E-state index contributed by atoms with van der Waals surface area (Å²) in [5.74, 6) is 0.573. The first-order valence-electron chi connectivity index (χ1n) is 8.60. The maximum absolute atomic E-state index is 12.6. The molecule has 28 heavy (non-hydrogen) atoms. The molecule has 3 aromatic rings. The van der Waals surface area contributed by atoms with Crippen molar-refractivity contribution in [2.24, 2.45) is 5.14 Å². The molecule has 0 aliphatic rings. The highest BCUT2D eigenvalue weighted by atomic mass is 32.2. The molecule has 0 saturated carbocycles. The molecular weight excluding hydrogens is 382 g/mol. The number of carbonyl (C=O) groups is 1. The van der Waals surface area contributed by atoms with E-state index in [1.165, 1.54) is 0 Å². The monoisotopic (exact) mass is 403 g/mol. The maximum Gasteiger partial charge on any atom is 0.296 e. The third kappa shape index (κ3) is 4.62. The number of amides is 1. The molecular formula is C19H21N3O5S. The first-order valence-corrected chi connectivity index (χ1v) is 10.1. The zero-order valence-corrected chi connectivity index (χ0v) is 16.3. The SMILES string of the molecule is CCOc1ccc2oc(C(=O)NCc3cccc(NS(N)(=O)=O)c3)c(C)c2c1. The van der Waals surface area contributed by atoms with Gasteiger partial charge >= 0.3 is 0 Å². The fourth-order valence-corrected chi connectivity index (χ4v) is 3.30. The molecule has 0 radical (unpaired) electrons. The Labute approximate surface area is 162 Å². The number of carbonyl (C=O) groups excluding carboxylic acids is 1. The van der Waals surface area contributed by atoms with E-state index in [2.05, 4.69) is 10.0 Å². The smallest absolute Gasteiger partial charge is 0.296 e. The molecule has 0 atom stereocenters. The van der Waals surface area contributed by atoms with Gasteiger partial charge in [0.1, 0.15) is 11.3 Å². The van der Waals surface area contributed by atoms with Crippen molar-refractivity contribution < 1.29 is 22.4 Å². The highest BCUT2D eigenvalue weighted by molar-refractivity contribution is 7.90. The summed E-state index contributed by atoms with van der Waals surface area (Å²) in [7, 11) is -3.86. The van der Waals surface area contributed by atoms with Gasteiger partial charge in [0.05, 0.1) is 12.3 Å². The molecule has 4 N–H and O–H groups in total. The third-order valence-electron chi connectivity index (χ3n) is 4.07. The molecule has 0 spiro atoms. The third-order valence-corrected chi connectivity index (χ3v) is 4.59. The molecule has 2 aromatic carbocycles. The van der Waals surface area contributed by atoms with Crippen LogP contribution in [0.3, 0.4) is 0 Å². The van der Waals surface area contributed by atoms with E-state index < -0.39 is 10.2 Å². The van der Waals surface area contributed by atoms with Crippen LogP contribution in [0.15, 0.2) is 46.9 Å². The quantitative estimate of drug-likeness (QED) is 0.559. The molecule has 148 valence electrons. The van der Waals surface area contributed by atoms with Crippen LogP contribution in [0, 0.1) is 6.92 Å². The van der Waals surface area contributed by atoms with Crippen LogP contribution in [0.25, 0.3) is 11.0 Å². The number of nitrogens with one attached hydrogen (secondary N) is 2. The topological polar surface area (TPSA) is 124 Å². The van der Waals surface area contributed by atoms with E-state index in [9.17, 15) is 13.2 Å². The van der Waals surface area contributed by atoms with E-state index in [1.807, 2.05) is 19.9 Å². The largest absolute Gasteiger partial charge is 0.494 e. The van der Waals surface area contributed by atoms with E-state index in [0.29, 0.717) is 29.2 Å². The van der Waals surface area contributed by atoms with Gasteiger partial charge in [-0.1, -0.05) is 12.1 Å². The van der Waals surface area contributed by atoms with Crippen LogP contribution in [0.1, 0.15) is 28.6 Å². The lowest BCUT2D eigenvalue weighted by molar-refractivity contribution is 0.0924. The van der Waals surface area contributed by atoms with Crippen molar-refractivity contribution in [3.05, 3.63) is 59.4 Å². The Balaban J connectivity index is 1.75. The second kappa shape index (κ2) is 7.91. The van der Waals surface area contributed by atoms with Crippen LogP contribution >= 0.6 is 0 Å². The van der Waals surface area contributed by atoms with Crippen molar-refractivity contribution in [1.82, 2.24) is 5.32 Å². The fraction of sp³-hybridized carbons (Fsp3) is 0.211. The summed E-state index contributed by atoms with van der Waals surface area (Å²) >= 11 is 0. The van der Waals surface area contributed by atoms with E-state index in [4.69, 9.17) is 14.3 Å². The zero-order valence-electron chi connectivity index (χ0n) is 15.5. The summed E-state index contributed by atoms with van der Waals surface area (Å²) in [6, 6.07) is 12.0. The molecule has 0 saturated heterocycles. The Hall–Kier alpha value is -3.04. The summed E-state index contributed by atoms with van der Waals surface area (Å²) < 4.78 is 35.6. The molecule has 1 heterocycles. The minimum absolute atomic E-state index is 0.194. The minimum atomic E-state index is -3.86. The van der Waals surface area contributed by atoms with Crippen molar-refractivity contribution in [2.75, 3.05) is 11.3 Å². The van der Waals surface area contributed by atoms with Crippen LogP contribution in [-0.2, 0) is 16.8 Å². The van der Waals surface area contributed by atoms with E-state index in [-0.39, 0.29) is 18.2 Å². The van der Waals surface area contributed by atoms with Crippen molar-refractivity contribution in [3.8, 4) is 5.75 Å². The highest BCUT2D eigenvalue weighted by Gasteiger charge is 2.18. The van der Waals surface area contributed by atoms with Gasteiger partial charge in [-0.25, -0.2) is 5.14 Å². The van der Waals surface area contributed by atoms with Crippen LogP contribution in [0.5, 0.6) is 5.75 Å². The summed E-state index contributed by atoms with van der Waals surface area (Å²) in [6.07, 6.45) is 0.